The van der Waals surface area contributed by atoms with Crippen molar-refractivity contribution in [1.29, 1.82) is 0 Å². The van der Waals surface area contributed by atoms with Crippen LogP contribution in [-0.4, -0.2) is 25.0 Å². The van der Waals surface area contributed by atoms with Crippen LogP contribution in [0.5, 0.6) is 5.75 Å². The summed E-state index contributed by atoms with van der Waals surface area (Å²) in [6, 6.07) is 26.6. The van der Waals surface area contributed by atoms with Gasteiger partial charge in [-0.2, -0.15) is 0 Å². The molecular formula is C24H24N2O3S. The summed E-state index contributed by atoms with van der Waals surface area (Å²) in [7, 11) is 0. The summed E-state index contributed by atoms with van der Waals surface area (Å²) in [6.07, 6.45) is 0. The number of rotatable bonds is 9. The van der Waals surface area contributed by atoms with Crippen molar-refractivity contribution in [2.24, 2.45) is 0 Å². The van der Waals surface area contributed by atoms with Crippen LogP contribution in [0.15, 0.2) is 89.8 Å². The molecule has 6 heteroatoms. The average Bonchev–Trinajstić information content (AvgIpc) is 2.78. The molecule has 5 nitrogen and oxygen atoms in total. The number of carbonyl (C=O) groups excluding carboxylic acids is 2. The molecule has 3 rings (SSSR count). The second-order valence-corrected chi connectivity index (χ2v) is 7.66. The lowest BCUT2D eigenvalue weighted by Crippen LogP contribution is -2.28. The highest BCUT2D eigenvalue weighted by Gasteiger charge is 2.22. The van der Waals surface area contributed by atoms with Gasteiger partial charge in [-0.3, -0.25) is 9.59 Å². The van der Waals surface area contributed by atoms with E-state index in [2.05, 4.69) is 10.6 Å². The van der Waals surface area contributed by atoms with Gasteiger partial charge in [-0.1, -0.05) is 54.6 Å². The normalized spacial score (nSPS) is 11.4. The minimum atomic E-state index is -0.409. The number of carbonyl (C=O) groups is 2. The van der Waals surface area contributed by atoms with Crippen molar-refractivity contribution in [2.75, 3.05) is 18.5 Å². The predicted molar refractivity (Wildman–Crippen MR) is 121 cm³/mol. The third kappa shape index (κ3) is 6.39. The summed E-state index contributed by atoms with van der Waals surface area (Å²) < 4.78 is 5.51. The smallest absolute Gasteiger partial charge is 0.257 e. The van der Waals surface area contributed by atoms with E-state index in [1.807, 2.05) is 67.6 Å². The zero-order valence-electron chi connectivity index (χ0n) is 16.7. The molecule has 0 aliphatic carbocycles. The molecule has 0 spiro atoms. The molecule has 0 radical (unpaired) electrons. The first-order valence-electron chi connectivity index (χ1n) is 9.73. The van der Waals surface area contributed by atoms with Crippen LogP contribution >= 0.6 is 11.8 Å². The Labute approximate surface area is 180 Å². The Kier molecular flexibility index (Phi) is 7.92. The predicted octanol–water partition coefficient (Wildman–Crippen LogP) is 4.67. The SMILES string of the molecule is CCNC(=O)COc1cccc(NC(=O)C(Sc2ccccc2)c2ccccc2)c1. The number of benzene rings is 3. The number of likely N-dealkylation sites (N-methyl/N-ethyl adjacent to an activating group) is 1. The van der Waals surface area contributed by atoms with Gasteiger partial charge in [0.1, 0.15) is 11.0 Å². The molecule has 154 valence electrons. The van der Waals surface area contributed by atoms with Crippen LogP contribution in [0.3, 0.4) is 0 Å². The molecule has 2 amide bonds. The second-order valence-electron chi connectivity index (χ2n) is 6.48. The highest BCUT2D eigenvalue weighted by atomic mass is 32.2. The standard InChI is InChI=1S/C24H24N2O3S/c1-2-25-22(27)17-29-20-13-9-12-19(16-20)26-24(28)23(18-10-5-3-6-11-18)30-21-14-7-4-8-15-21/h3-16,23H,2,17H2,1H3,(H,25,27)(H,26,28). The Morgan fingerprint density at radius 1 is 0.933 bits per heavy atom. The van der Waals surface area contributed by atoms with Crippen molar-refractivity contribution in [3.63, 3.8) is 0 Å². The first kappa shape index (κ1) is 21.5. The fourth-order valence-corrected chi connectivity index (χ4v) is 3.85. The van der Waals surface area contributed by atoms with E-state index in [-0.39, 0.29) is 18.4 Å². The number of hydrogen-bond donors (Lipinski definition) is 2. The molecule has 3 aromatic rings. The van der Waals surface area contributed by atoms with Crippen molar-refractivity contribution >= 4 is 29.3 Å². The largest absolute Gasteiger partial charge is 0.484 e. The maximum atomic E-state index is 13.1. The number of ether oxygens (including phenoxy) is 1. The first-order valence-corrected chi connectivity index (χ1v) is 10.6. The van der Waals surface area contributed by atoms with Crippen molar-refractivity contribution in [3.05, 3.63) is 90.5 Å². The Morgan fingerprint density at radius 3 is 2.33 bits per heavy atom. The maximum absolute atomic E-state index is 13.1. The van der Waals surface area contributed by atoms with Crippen LogP contribution in [0.4, 0.5) is 5.69 Å². The molecule has 0 heterocycles. The third-order valence-corrected chi connectivity index (χ3v) is 5.45. The van der Waals surface area contributed by atoms with Crippen LogP contribution in [0.2, 0.25) is 0 Å². The summed E-state index contributed by atoms with van der Waals surface area (Å²) in [5.74, 6) is 0.206. The summed E-state index contributed by atoms with van der Waals surface area (Å²) in [4.78, 5) is 25.7. The number of amides is 2. The molecule has 1 atom stereocenters. The molecule has 0 aliphatic rings. The van der Waals surface area contributed by atoms with E-state index in [1.165, 1.54) is 11.8 Å². The van der Waals surface area contributed by atoms with Crippen LogP contribution in [0.1, 0.15) is 17.7 Å². The molecule has 0 saturated heterocycles. The van der Waals surface area contributed by atoms with Gasteiger partial charge in [0.05, 0.1) is 0 Å². The van der Waals surface area contributed by atoms with Crippen molar-refractivity contribution in [1.82, 2.24) is 5.32 Å². The van der Waals surface area contributed by atoms with Gasteiger partial charge in [0.2, 0.25) is 5.91 Å². The molecule has 30 heavy (non-hydrogen) atoms. The molecular weight excluding hydrogens is 396 g/mol. The van der Waals surface area contributed by atoms with Crippen molar-refractivity contribution < 1.29 is 14.3 Å². The minimum absolute atomic E-state index is 0.0677. The van der Waals surface area contributed by atoms with Crippen molar-refractivity contribution in [3.8, 4) is 5.75 Å². The molecule has 1 unspecified atom stereocenters. The first-order chi connectivity index (χ1) is 14.7. The summed E-state index contributed by atoms with van der Waals surface area (Å²) >= 11 is 1.50. The topological polar surface area (TPSA) is 67.4 Å². The van der Waals surface area contributed by atoms with Gasteiger partial charge >= 0.3 is 0 Å². The maximum Gasteiger partial charge on any atom is 0.257 e. The quantitative estimate of drug-likeness (QED) is 0.494. The monoisotopic (exact) mass is 420 g/mol. The van der Waals surface area contributed by atoms with Gasteiger partial charge in [0.25, 0.3) is 5.91 Å². The minimum Gasteiger partial charge on any atom is -0.484 e. The number of nitrogens with one attached hydrogen (secondary N) is 2. The molecule has 0 aromatic heterocycles. The second kappa shape index (κ2) is 11.1. The zero-order valence-corrected chi connectivity index (χ0v) is 17.5. The van der Waals surface area contributed by atoms with Crippen LogP contribution in [-0.2, 0) is 9.59 Å². The molecule has 0 bridgehead atoms. The van der Waals surface area contributed by atoms with E-state index in [0.717, 1.165) is 10.5 Å². The van der Waals surface area contributed by atoms with E-state index in [4.69, 9.17) is 4.74 Å². The highest BCUT2D eigenvalue weighted by molar-refractivity contribution is 8.00. The molecule has 2 N–H and O–H groups in total. The van der Waals surface area contributed by atoms with E-state index in [0.29, 0.717) is 18.0 Å². The Bertz CT molecular complexity index is 964. The van der Waals surface area contributed by atoms with Gasteiger partial charge < -0.3 is 15.4 Å². The molecule has 3 aromatic carbocycles. The van der Waals surface area contributed by atoms with Crippen LogP contribution in [0.25, 0.3) is 0 Å². The lowest BCUT2D eigenvalue weighted by Gasteiger charge is -2.17. The molecule has 0 aliphatic heterocycles. The zero-order chi connectivity index (χ0) is 21.2. The van der Waals surface area contributed by atoms with Gasteiger partial charge in [0, 0.05) is 23.2 Å². The van der Waals surface area contributed by atoms with Gasteiger partial charge in [-0.15, -0.1) is 11.8 Å². The number of thioether (sulfide) groups is 1. The van der Waals surface area contributed by atoms with Gasteiger partial charge in [0.15, 0.2) is 6.61 Å². The van der Waals surface area contributed by atoms with E-state index >= 15 is 0 Å². The Morgan fingerprint density at radius 2 is 1.63 bits per heavy atom. The third-order valence-electron chi connectivity index (χ3n) is 4.18. The fraction of sp³-hybridized carbons (Fsp3) is 0.167. The lowest BCUT2D eigenvalue weighted by molar-refractivity contribution is -0.123. The molecule has 0 saturated carbocycles. The highest BCUT2D eigenvalue weighted by Crippen LogP contribution is 2.36. The molecule has 0 fully saturated rings. The summed E-state index contributed by atoms with van der Waals surface area (Å²) in [5.41, 5.74) is 1.54. The van der Waals surface area contributed by atoms with Crippen LogP contribution in [0, 0.1) is 0 Å². The number of anilines is 1. The fourth-order valence-electron chi connectivity index (χ4n) is 2.80. The Hall–Kier alpha value is -3.25. The van der Waals surface area contributed by atoms with E-state index in [9.17, 15) is 9.59 Å². The summed E-state index contributed by atoms with van der Waals surface area (Å²) in [6.45, 7) is 2.34. The van der Waals surface area contributed by atoms with E-state index < -0.39 is 5.25 Å². The van der Waals surface area contributed by atoms with Crippen LogP contribution < -0.4 is 15.4 Å². The van der Waals surface area contributed by atoms with E-state index in [1.54, 1.807) is 24.3 Å². The summed E-state index contributed by atoms with van der Waals surface area (Å²) in [5, 5.41) is 5.25. The Balaban J connectivity index is 1.72. The average molecular weight is 421 g/mol. The van der Waals surface area contributed by atoms with Gasteiger partial charge in [-0.05, 0) is 36.8 Å². The lowest BCUT2D eigenvalue weighted by atomic mass is 10.1. The van der Waals surface area contributed by atoms with Gasteiger partial charge in [-0.25, -0.2) is 0 Å². The van der Waals surface area contributed by atoms with Crippen molar-refractivity contribution in [2.45, 2.75) is 17.1 Å². The number of hydrogen-bond acceptors (Lipinski definition) is 4.